The Labute approximate surface area is 209 Å². The zero-order valence-corrected chi connectivity index (χ0v) is 20.6. The lowest BCUT2D eigenvalue weighted by Crippen LogP contribution is -2.49. The summed E-state index contributed by atoms with van der Waals surface area (Å²) in [7, 11) is 0. The lowest BCUT2D eigenvalue weighted by atomic mass is 9.86. The van der Waals surface area contributed by atoms with Gasteiger partial charge in [0.1, 0.15) is 5.54 Å². The first-order valence-electron chi connectivity index (χ1n) is 12.9. The van der Waals surface area contributed by atoms with E-state index in [0.29, 0.717) is 17.8 Å². The minimum Gasteiger partial charge on any atom is -0.480 e. The second kappa shape index (κ2) is 10.3. The van der Waals surface area contributed by atoms with Crippen LogP contribution >= 0.6 is 0 Å². The Kier molecular flexibility index (Phi) is 7.03. The van der Waals surface area contributed by atoms with Crippen LogP contribution in [0.15, 0.2) is 91.0 Å². The maximum absolute atomic E-state index is 12.7. The Balaban J connectivity index is 1.34. The molecular weight excluding hydrogens is 432 g/mol. The molecule has 182 valence electrons. The van der Waals surface area contributed by atoms with Gasteiger partial charge in [0, 0.05) is 25.6 Å². The number of carboxylic acids is 1. The van der Waals surface area contributed by atoms with E-state index in [4.69, 9.17) is 0 Å². The van der Waals surface area contributed by atoms with Crippen molar-refractivity contribution in [1.82, 2.24) is 9.80 Å². The first-order valence-corrected chi connectivity index (χ1v) is 12.9. The third-order valence-electron chi connectivity index (χ3n) is 8.40. The van der Waals surface area contributed by atoms with E-state index in [-0.39, 0.29) is 0 Å². The average Bonchev–Trinajstić information content (AvgIpc) is 3.34. The predicted molar refractivity (Wildman–Crippen MR) is 141 cm³/mol. The number of benzene rings is 3. The van der Waals surface area contributed by atoms with Gasteiger partial charge in [-0.05, 0) is 61.4 Å². The maximum atomic E-state index is 12.7. The lowest BCUT2D eigenvalue weighted by molar-refractivity contribution is -0.150. The molecule has 2 fully saturated rings. The fourth-order valence-electron chi connectivity index (χ4n) is 6.21. The van der Waals surface area contributed by atoms with E-state index in [1.807, 2.05) is 37.3 Å². The van der Waals surface area contributed by atoms with Crippen molar-refractivity contribution in [3.63, 3.8) is 0 Å². The third-order valence-corrected chi connectivity index (χ3v) is 8.40. The second-order valence-corrected chi connectivity index (χ2v) is 10.4. The largest absolute Gasteiger partial charge is 0.480 e. The quantitative estimate of drug-likeness (QED) is 0.492. The highest BCUT2D eigenvalue weighted by Gasteiger charge is 2.48. The molecule has 3 atom stereocenters. The lowest BCUT2D eigenvalue weighted by Gasteiger charge is -2.36. The zero-order chi connectivity index (χ0) is 24.3. The van der Waals surface area contributed by atoms with E-state index < -0.39 is 11.5 Å². The van der Waals surface area contributed by atoms with Crippen LogP contribution in [-0.4, -0.2) is 53.6 Å². The van der Waals surface area contributed by atoms with Crippen molar-refractivity contribution in [2.45, 2.75) is 37.1 Å². The van der Waals surface area contributed by atoms with E-state index in [9.17, 15) is 9.90 Å². The van der Waals surface area contributed by atoms with Gasteiger partial charge < -0.3 is 10.0 Å². The Morgan fingerprint density at radius 2 is 1.37 bits per heavy atom. The van der Waals surface area contributed by atoms with Crippen LogP contribution in [0, 0.1) is 5.92 Å². The summed E-state index contributed by atoms with van der Waals surface area (Å²) in [6.45, 7) is 6.64. The summed E-state index contributed by atoms with van der Waals surface area (Å²) in [5.74, 6) is 0.587. The van der Waals surface area contributed by atoms with Gasteiger partial charge in [-0.1, -0.05) is 91.0 Å². The van der Waals surface area contributed by atoms with E-state index in [1.165, 1.54) is 24.0 Å². The van der Waals surface area contributed by atoms with Gasteiger partial charge in [-0.25, -0.2) is 4.79 Å². The van der Waals surface area contributed by atoms with Crippen molar-refractivity contribution in [3.05, 3.63) is 108 Å². The van der Waals surface area contributed by atoms with Crippen LogP contribution in [0.25, 0.3) is 0 Å². The standard InChI is InChI=1S/C31H36N2O2/c1-31(30(34)35,28-15-9-4-10-16-28)33-22-27(29(23-33)26-13-7-3-8-14-26)21-32-19-17-25(18-20-32)24-11-5-2-6-12-24/h2-16,25,27,29H,17-23H2,1H3,(H,34,35)/t27-,29?,31-/m0/s1. The van der Waals surface area contributed by atoms with Crippen LogP contribution in [0.1, 0.15) is 48.3 Å². The predicted octanol–water partition coefficient (Wildman–Crippen LogP) is 5.58. The maximum Gasteiger partial charge on any atom is 0.328 e. The number of carboxylic acid groups (broad SMARTS) is 1. The van der Waals surface area contributed by atoms with Crippen LogP contribution in [0.2, 0.25) is 0 Å². The molecule has 0 aliphatic carbocycles. The Hall–Kier alpha value is -2.95. The van der Waals surface area contributed by atoms with Gasteiger partial charge in [-0.3, -0.25) is 4.90 Å². The number of nitrogens with zero attached hydrogens (tertiary/aromatic N) is 2. The van der Waals surface area contributed by atoms with Crippen LogP contribution in [0.5, 0.6) is 0 Å². The first-order chi connectivity index (χ1) is 17.1. The molecule has 2 saturated heterocycles. The van der Waals surface area contributed by atoms with Crippen LogP contribution in [0.3, 0.4) is 0 Å². The Bertz CT molecular complexity index is 1100. The smallest absolute Gasteiger partial charge is 0.328 e. The summed E-state index contributed by atoms with van der Waals surface area (Å²) in [6.07, 6.45) is 2.38. The number of hydrogen-bond donors (Lipinski definition) is 1. The summed E-state index contributed by atoms with van der Waals surface area (Å²) >= 11 is 0. The van der Waals surface area contributed by atoms with Gasteiger partial charge in [0.25, 0.3) is 0 Å². The molecule has 4 heteroatoms. The van der Waals surface area contributed by atoms with Gasteiger partial charge in [0.15, 0.2) is 0 Å². The highest BCUT2D eigenvalue weighted by atomic mass is 16.4. The molecular formula is C31H36N2O2. The molecule has 3 aromatic rings. The second-order valence-electron chi connectivity index (χ2n) is 10.4. The number of aliphatic carboxylic acids is 1. The van der Waals surface area contributed by atoms with Gasteiger partial charge in [0.05, 0.1) is 0 Å². The van der Waals surface area contributed by atoms with Crippen molar-refractivity contribution in [1.29, 1.82) is 0 Å². The van der Waals surface area contributed by atoms with Crippen molar-refractivity contribution in [3.8, 4) is 0 Å². The summed E-state index contributed by atoms with van der Waals surface area (Å²) in [5, 5.41) is 10.4. The summed E-state index contributed by atoms with van der Waals surface area (Å²) < 4.78 is 0. The Morgan fingerprint density at radius 1 is 0.829 bits per heavy atom. The molecule has 2 heterocycles. The first kappa shape index (κ1) is 23.8. The molecule has 0 saturated carbocycles. The summed E-state index contributed by atoms with van der Waals surface area (Å²) in [6, 6.07) is 31.3. The summed E-state index contributed by atoms with van der Waals surface area (Å²) in [5.41, 5.74) is 2.59. The molecule has 5 rings (SSSR count). The van der Waals surface area contributed by atoms with Crippen molar-refractivity contribution < 1.29 is 9.90 Å². The fourth-order valence-corrected chi connectivity index (χ4v) is 6.21. The van der Waals surface area contributed by atoms with Gasteiger partial charge >= 0.3 is 5.97 Å². The number of piperidine rings is 1. The van der Waals surface area contributed by atoms with E-state index in [1.54, 1.807) is 0 Å². The molecule has 0 radical (unpaired) electrons. The molecule has 0 aromatic heterocycles. The monoisotopic (exact) mass is 468 g/mol. The number of likely N-dealkylation sites (tertiary alicyclic amines) is 2. The Morgan fingerprint density at radius 3 is 1.94 bits per heavy atom. The van der Waals surface area contributed by atoms with E-state index >= 15 is 0 Å². The zero-order valence-electron chi connectivity index (χ0n) is 20.6. The highest BCUT2D eigenvalue weighted by Crippen LogP contribution is 2.41. The minimum atomic E-state index is -1.04. The molecule has 2 aliphatic heterocycles. The van der Waals surface area contributed by atoms with Gasteiger partial charge in [0.2, 0.25) is 0 Å². The SMILES string of the molecule is C[C@@](C(=O)O)(c1ccccc1)N1CC(c2ccccc2)[C@@H](CN2CCC(c3ccccc3)CC2)C1. The molecule has 0 spiro atoms. The fraction of sp³-hybridized carbons (Fsp3) is 0.387. The normalized spacial score (nSPS) is 23.7. The third kappa shape index (κ3) is 4.91. The van der Waals surface area contributed by atoms with Crippen LogP contribution in [-0.2, 0) is 10.3 Å². The van der Waals surface area contributed by atoms with E-state index in [2.05, 4.69) is 70.5 Å². The molecule has 0 amide bonds. The highest BCUT2D eigenvalue weighted by molar-refractivity contribution is 5.80. The summed E-state index contributed by atoms with van der Waals surface area (Å²) in [4.78, 5) is 17.5. The van der Waals surface area contributed by atoms with Gasteiger partial charge in [-0.15, -0.1) is 0 Å². The van der Waals surface area contributed by atoms with Crippen molar-refractivity contribution >= 4 is 5.97 Å². The minimum absolute atomic E-state index is 0.324. The van der Waals surface area contributed by atoms with Crippen molar-refractivity contribution in [2.75, 3.05) is 32.7 Å². The number of rotatable bonds is 7. The number of carbonyl (C=O) groups is 1. The van der Waals surface area contributed by atoms with E-state index in [0.717, 1.165) is 38.3 Å². The number of hydrogen-bond acceptors (Lipinski definition) is 3. The topological polar surface area (TPSA) is 43.8 Å². The van der Waals surface area contributed by atoms with Crippen molar-refractivity contribution in [2.24, 2.45) is 5.92 Å². The molecule has 0 bridgehead atoms. The molecule has 1 unspecified atom stereocenters. The molecule has 1 N–H and O–H groups in total. The molecule has 35 heavy (non-hydrogen) atoms. The average molecular weight is 469 g/mol. The molecule has 4 nitrogen and oxygen atoms in total. The van der Waals surface area contributed by atoms with Gasteiger partial charge in [-0.2, -0.15) is 0 Å². The van der Waals surface area contributed by atoms with Crippen LogP contribution in [0.4, 0.5) is 0 Å². The molecule has 2 aliphatic rings. The molecule has 3 aromatic carbocycles. The van der Waals surface area contributed by atoms with Crippen LogP contribution < -0.4 is 0 Å².